The Labute approximate surface area is 106 Å². The number of unbranched alkanes of at least 4 members (excludes halogenated alkanes) is 5. The molecule has 1 amide bonds. The number of primary amides is 1. The van der Waals surface area contributed by atoms with Gasteiger partial charge in [-0.25, -0.2) is 0 Å². The van der Waals surface area contributed by atoms with Crippen molar-refractivity contribution in [3.63, 3.8) is 0 Å². The zero-order valence-corrected chi connectivity index (χ0v) is 11.4. The molecule has 0 aromatic heterocycles. The summed E-state index contributed by atoms with van der Waals surface area (Å²) in [6, 6.07) is 0. The molecule has 0 unspecified atom stereocenters. The van der Waals surface area contributed by atoms with Crippen molar-refractivity contribution in [2.45, 2.75) is 65.2 Å². The predicted octanol–water partition coefficient (Wildman–Crippen LogP) is 4.11. The van der Waals surface area contributed by atoms with Gasteiger partial charge in [0.05, 0.1) is 0 Å². The fraction of sp³-hybridized carbons (Fsp3) is 0.667. The molecule has 0 rings (SSSR count). The van der Waals surface area contributed by atoms with Crippen molar-refractivity contribution in [2.75, 3.05) is 0 Å². The van der Waals surface area contributed by atoms with E-state index in [0.29, 0.717) is 6.42 Å². The van der Waals surface area contributed by atoms with Crippen molar-refractivity contribution in [2.24, 2.45) is 5.73 Å². The van der Waals surface area contributed by atoms with E-state index in [1.165, 1.54) is 19.3 Å². The maximum absolute atomic E-state index is 11.2. The molecule has 0 atom stereocenters. The molecule has 0 aliphatic rings. The zero-order chi connectivity index (χ0) is 12.9. The summed E-state index contributed by atoms with van der Waals surface area (Å²) in [5, 5.41) is 0. The average Bonchev–Trinajstić information content (AvgIpc) is 2.31. The third kappa shape index (κ3) is 9.86. The topological polar surface area (TPSA) is 43.1 Å². The van der Waals surface area contributed by atoms with Crippen LogP contribution in [0.5, 0.6) is 0 Å². The van der Waals surface area contributed by atoms with Gasteiger partial charge in [-0.1, -0.05) is 57.8 Å². The van der Waals surface area contributed by atoms with Crippen molar-refractivity contribution >= 4 is 5.91 Å². The second kappa shape index (κ2) is 11.4. The number of hydrogen-bond donors (Lipinski definition) is 1. The van der Waals surface area contributed by atoms with Gasteiger partial charge in [-0.05, 0) is 25.7 Å². The van der Waals surface area contributed by atoms with E-state index in [9.17, 15) is 4.79 Å². The highest BCUT2D eigenvalue weighted by Crippen LogP contribution is 2.09. The summed E-state index contributed by atoms with van der Waals surface area (Å²) in [4.78, 5) is 11.2. The predicted molar refractivity (Wildman–Crippen MR) is 74.7 cm³/mol. The number of nitrogens with two attached hydrogens (primary N) is 1. The molecule has 2 N–H and O–H groups in total. The smallest absolute Gasteiger partial charge is 0.244 e. The Balaban J connectivity index is 3.95. The van der Waals surface area contributed by atoms with Gasteiger partial charge in [0.15, 0.2) is 0 Å². The summed E-state index contributed by atoms with van der Waals surface area (Å²) in [6.07, 6.45) is 15.0. The van der Waals surface area contributed by atoms with Crippen molar-refractivity contribution < 1.29 is 4.79 Å². The Bertz CT molecular complexity index is 254. The van der Waals surface area contributed by atoms with E-state index in [1.54, 1.807) is 0 Å². The van der Waals surface area contributed by atoms with Gasteiger partial charge in [-0.3, -0.25) is 4.79 Å². The Morgan fingerprint density at radius 2 is 1.76 bits per heavy atom. The summed E-state index contributed by atoms with van der Waals surface area (Å²) in [5.74, 6) is -0.276. The first-order valence-electron chi connectivity index (χ1n) is 6.86. The molecule has 17 heavy (non-hydrogen) atoms. The molecule has 0 spiro atoms. The van der Waals surface area contributed by atoms with Gasteiger partial charge in [0, 0.05) is 5.57 Å². The molecule has 0 saturated heterocycles. The van der Waals surface area contributed by atoms with E-state index in [-0.39, 0.29) is 5.91 Å². The van der Waals surface area contributed by atoms with Crippen LogP contribution in [-0.4, -0.2) is 5.91 Å². The van der Waals surface area contributed by atoms with Gasteiger partial charge in [-0.2, -0.15) is 0 Å². The quantitative estimate of drug-likeness (QED) is 0.347. The summed E-state index contributed by atoms with van der Waals surface area (Å²) >= 11 is 0. The Morgan fingerprint density at radius 3 is 2.35 bits per heavy atom. The molecule has 0 fully saturated rings. The Kier molecular flexibility index (Phi) is 10.7. The van der Waals surface area contributed by atoms with Crippen LogP contribution >= 0.6 is 0 Å². The van der Waals surface area contributed by atoms with E-state index in [4.69, 9.17) is 5.73 Å². The van der Waals surface area contributed by atoms with Crippen molar-refractivity contribution in [3.05, 3.63) is 23.8 Å². The summed E-state index contributed by atoms with van der Waals surface area (Å²) in [6.45, 7) is 4.34. The lowest BCUT2D eigenvalue weighted by Crippen LogP contribution is -2.13. The van der Waals surface area contributed by atoms with E-state index in [1.807, 2.05) is 12.2 Å². The minimum absolute atomic E-state index is 0.276. The molecular formula is C15H27NO. The summed E-state index contributed by atoms with van der Waals surface area (Å²) in [5.41, 5.74) is 6.11. The standard InChI is InChI=1S/C15H27NO/c1-3-5-7-9-11-13-14(15(16)17)12-10-8-6-4-2/h8,10,13H,3-7,9,11-12H2,1-2H3,(H2,16,17)/b10-8+,14-13-. The maximum Gasteiger partial charge on any atom is 0.244 e. The first-order valence-corrected chi connectivity index (χ1v) is 6.86. The van der Waals surface area contributed by atoms with Crippen LogP contribution in [0.25, 0.3) is 0 Å². The number of carbonyl (C=O) groups is 1. The molecule has 0 saturated carbocycles. The molecule has 98 valence electrons. The van der Waals surface area contributed by atoms with Crippen LogP contribution in [0.1, 0.15) is 65.2 Å². The molecule has 0 bridgehead atoms. The van der Waals surface area contributed by atoms with Gasteiger partial charge in [-0.15, -0.1) is 0 Å². The van der Waals surface area contributed by atoms with E-state index >= 15 is 0 Å². The van der Waals surface area contributed by atoms with Crippen LogP contribution in [0.15, 0.2) is 23.8 Å². The first-order chi connectivity index (χ1) is 8.22. The third-order valence-corrected chi connectivity index (χ3v) is 2.72. The highest BCUT2D eigenvalue weighted by atomic mass is 16.1. The molecule has 2 heteroatoms. The fourth-order valence-corrected chi connectivity index (χ4v) is 1.63. The number of rotatable bonds is 10. The highest BCUT2D eigenvalue weighted by molar-refractivity contribution is 5.92. The van der Waals surface area contributed by atoms with Crippen LogP contribution in [0.2, 0.25) is 0 Å². The maximum atomic E-state index is 11.2. The molecule has 0 radical (unpaired) electrons. The van der Waals surface area contributed by atoms with Gasteiger partial charge >= 0.3 is 0 Å². The molecule has 0 heterocycles. The van der Waals surface area contributed by atoms with Crippen LogP contribution < -0.4 is 5.73 Å². The monoisotopic (exact) mass is 237 g/mol. The SMILES string of the molecule is CCC/C=C/C/C(=C/CCCCCC)C(N)=O. The fourth-order valence-electron chi connectivity index (χ4n) is 1.63. The molecule has 0 aromatic carbocycles. The zero-order valence-electron chi connectivity index (χ0n) is 11.4. The van der Waals surface area contributed by atoms with E-state index < -0.39 is 0 Å². The molecule has 0 aromatic rings. The number of allylic oxidation sites excluding steroid dienone is 3. The van der Waals surface area contributed by atoms with Crippen LogP contribution in [-0.2, 0) is 4.79 Å². The largest absolute Gasteiger partial charge is 0.366 e. The highest BCUT2D eigenvalue weighted by Gasteiger charge is 2.01. The Hall–Kier alpha value is -1.05. The van der Waals surface area contributed by atoms with Gasteiger partial charge < -0.3 is 5.73 Å². The van der Waals surface area contributed by atoms with E-state index in [0.717, 1.165) is 31.3 Å². The van der Waals surface area contributed by atoms with Crippen LogP contribution in [0.4, 0.5) is 0 Å². The van der Waals surface area contributed by atoms with Crippen molar-refractivity contribution in [3.8, 4) is 0 Å². The van der Waals surface area contributed by atoms with E-state index in [2.05, 4.69) is 19.9 Å². The average molecular weight is 237 g/mol. The second-order valence-corrected chi connectivity index (χ2v) is 4.41. The molecule has 2 nitrogen and oxygen atoms in total. The van der Waals surface area contributed by atoms with Crippen LogP contribution in [0.3, 0.4) is 0 Å². The lowest BCUT2D eigenvalue weighted by Gasteiger charge is -2.00. The molecule has 0 aliphatic carbocycles. The minimum atomic E-state index is -0.276. The van der Waals surface area contributed by atoms with Gasteiger partial charge in [0.2, 0.25) is 5.91 Å². The lowest BCUT2D eigenvalue weighted by atomic mass is 10.1. The summed E-state index contributed by atoms with van der Waals surface area (Å²) in [7, 11) is 0. The number of hydrogen-bond acceptors (Lipinski definition) is 1. The molecule has 0 aliphatic heterocycles. The lowest BCUT2D eigenvalue weighted by molar-refractivity contribution is -0.114. The number of carbonyl (C=O) groups excluding carboxylic acids is 1. The first kappa shape index (κ1) is 16.0. The van der Waals surface area contributed by atoms with Crippen molar-refractivity contribution in [1.29, 1.82) is 0 Å². The minimum Gasteiger partial charge on any atom is -0.366 e. The number of amides is 1. The normalized spacial score (nSPS) is 12.2. The van der Waals surface area contributed by atoms with Crippen LogP contribution in [0, 0.1) is 0 Å². The second-order valence-electron chi connectivity index (χ2n) is 4.41. The van der Waals surface area contributed by atoms with Gasteiger partial charge in [0.1, 0.15) is 0 Å². The van der Waals surface area contributed by atoms with Crippen molar-refractivity contribution in [1.82, 2.24) is 0 Å². The third-order valence-electron chi connectivity index (χ3n) is 2.72. The summed E-state index contributed by atoms with van der Waals surface area (Å²) < 4.78 is 0. The molecular weight excluding hydrogens is 210 g/mol. The van der Waals surface area contributed by atoms with Gasteiger partial charge in [0.25, 0.3) is 0 Å². The Morgan fingerprint density at radius 1 is 1.00 bits per heavy atom.